The molecule has 76 valence electrons. The highest BCUT2D eigenvalue weighted by Crippen LogP contribution is 2.27. The minimum Gasteiger partial charge on any atom is -0.391 e. The SMILES string of the molecule is OC1CN2CC[C@H](O)[C@@H]2[C@@H](O)[C@@H]1O. The van der Waals surface area contributed by atoms with Crippen LogP contribution in [0.4, 0.5) is 0 Å². The molecular weight excluding hydrogens is 174 g/mol. The lowest BCUT2D eigenvalue weighted by Gasteiger charge is -2.40. The van der Waals surface area contributed by atoms with E-state index >= 15 is 0 Å². The van der Waals surface area contributed by atoms with Gasteiger partial charge >= 0.3 is 0 Å². The molecule has 0 amide bonds. The van der Waals surface area contributed by atoms with Gasteiger partial charge in [0.25, 0.3) is 0 Å². The molecule has 4 N–H and O–H groups in total. The second-order valence-corrected chi connectivity index (χ2v) is 3.89. The lowest BCUT2D eigenvalue weighted by molar-refractivity contribution is -0.140. The van der Waals surface area contributed by atoms with Crippen LogP contribution in [0.3, 0.4) is 0 Å². The molecule has 2 fully saturated rings. The first kappa shape index (κ1) is 9.36. The molecule has 2 rings (SSSR count). The lowest BCUT2D eigenvalue weighted by atomic mass is 9.93. The topological polar surface area (TPSA) is 84.2 Å². The van der Waals surface area contributed by atoms with Gasteiger partial charge in [-0.2, -0.15) is 0 Å². The summed E-state index contributed by atoms with van der Waals surface area (Å²) >= 11 is 0. The highest BCUT2D eigenvalue weighted by atomic mass is 16.4. The van der Waals surface area contributed by atoms with Crippen LogP contribution in [-0.4, -0.2) is 68.9 Å². The third-order valence-corrected chi connectivity index (χ3v) is 3.04. The summed E-state index contributed by atoms with van der Waals surface area (Å²) < 4.78 is 0. The number of piperidine rings is 1. The molecule has 5 heteroatoms. The van der Waals surface area contributed by atoms with Gasteiger partial charge in [0.15, 0.2) is 0 Å². The maximum atomic E-state index is 9.58. The molecule has 0 aromatic carbocycles. The average molecular weight is 189 g/mol. The second-order valence-electron chi connectivity index (χ2n) is 3.89. The number of rotatable bonds is 0. The number of nitrogens with zero attached hydrogens (tertiary/aromatic N) is 1. The van der Waals surface area contributed by atoms with Crippen LogP contribution in [0.5, 0.6) is 0 Å². The van der Waals surface area contributed by atoms with Crippen LogP contribution in [-0.2, 0) is 0 Å². The fraction of sp³-hybridized carbons (Fsp3) is 1.00. The molecule has 0 aromatic heterocycles. The van der Waals surface area contributed by atoms with Gasteiger partial charge in [-0.05, 0) is 6.42 Å². The Morgan fingerprint density at radius 1 is 0.923 bits per heavy atom. The van der Waals surface area contributed by atoms with Crippen LogP contribution in [0.1, 0.15) is 6.42 Å². The maximum absolute atomic E-state index is 9.58. The summed E-state index contributed by atoms with van der Waals surface area (Å²) in [5, 5.41) is 37.8. The standard InChI is InChI=1S/C8H15NO4/c10-4-1-2-9-3-5(11)7(12)8(13)6(4)9/h4-8,10-13H,1-3H2/t4-,5?,6+,7+,8+/m0/s1. The van der Waals surface area contributed by atoms with Crippen molar-refractivity contribution in [2.75, 3.05) is 13.1 Å². The van der Waals surface area contributed by atoms with Crippen molar-refractivity contribution in [1.29, 1.82) is 0 Å². The first-order valence-corrected chi connectivity index (χ1v) is 4.57. The van der Waals surface area contributed by atoms with Gasteiger partial charge in [0, 0.05) is 13.1 Å². The third-order valence-electron chi connectivity index (χ3n) is 3.04. The van der Waals surface area contributed by atoms with Gasteiger partial charge in [-0.3, -0.25) is 4.90 Å². The van der Waals surface area contributed by atoms with Crippen molar-refractivity contribution in [3.8, 4) is 0 Å². The van der Waals surface area contributed by atoms with Crippen LogP contribution in [0, 0.1) is 0 Å². The molecule has 0 spiro atoms. The van der Waals surface area contributed by atoms with Crippen molar-refractivity contribution in [2.24, 2.45) is 0 Å². The molecule has 0 saturated carbocycles. The first-order chi connectivity index (χ1) is 6.11. The van der Waals surface area contributed by atoms with Gasteiger partial charge in [-0.15, -0.1) is 0 Å². The van der Waals surface area contributed by atoms with Gasteiger partial charge < -0.3 is 20.4 Å². The molecule has 0 aliphatic carbocycles. The van der Waals surface area contributed by atoms with E-state index in [0.717, 1.165) is 0 Å². The number of hydrogen-bond donors (Lipinski definition) is 4. The van der Waals surface area contributed by atoms with Gasteiger partial charge in [0.05, 0.1) is 18.2 Å². The first-order valence-electron chi connectivity index (χ1n) is 4.57. The molecule has 0 aromatic rings. The number of fused-ring (bicyclic) bond motifs is 1. The van der Waals surface area contributed by atoms with Gasteiger partial charge in [-0.1, -0.05) is 0 Å². The number of aliphatic hydroxyl groups is 4. The van der Waals surface area contributed by atoms with Crippen molar-refractivity contribution in [1.82, 2.24) is 4.90 Å². The van der Waals surface area contributed by atoms with E-state index in [2.05, 4.69) is 0 Å². The Bertz CT molecular complexity index is 201. The molecule has 2 aliphatic rings. The van der Waals surface area contributed by atoms with E-state index < -0.39 is 30.5 Å². The van der Waals surface area contributed by atoms with Crippen LogP contribution in [0.2, 0.25) is 0 Å². The van der Waals surface area contributed by atoms with E-state index in [0.29, 0.717) is 19.5 Å². The Morgan fingerprint density at radius 3 is 2.31 bits per heavy atom. The molecular formula is C8H15NO4. The van der Waals surface area contributed by atoms with Crippen molar-refractivity contribution in [3.05, 3.63) is 0 Å². The van der Waals surface area contributed by atoms with E-state index in [1.165, 1.54) is 0 Å². The molecule has 2 heterocycles. The van der Waals surface area contributed by atoms with Gasteiger partial charge in [0.1, 0.15) is 12.2 Å². The Balaban J connectivity index is 2.15. The zero-order valence-corrected chi connectivity index (χ0v) is 7.24. The monoisotopic (exact) mass is 189 g/mol. The minimum atomic E-state index is -1.13. The molecule has 1 unspecified atom stereocenters. The summed E-state index contributed by atoms with van der Waals surface area (Å²) in [7, 11) is 0. The molecule has 0 bridgehead atoms. The maximum Gasteiger partial charge on any atom is 0.109 e. The minimum absolute atomic E-state index is 0.333. The molecule has 5 nitrogen and oxygen atoms in total. The second kappa shape index (κ2) is 3.18. The van der Waals surface area contributed by atoms with Crippen molar-refractivity contribution in [3.63, 3.8) is 0 Å². The summed E-state index contributed by atoms with van der Waals surface area (Å²) in [4.78, 5) is 1.83. The predicted octanol–water partition coefficient (Wildman–Crippen LogP) is -2.48. The normalized spacial score (nSPS) is 52.2. The summed E-state index contributed by atoms with van der Waals surface area (Å²) in [6.45, 7) is 1.01. The third kappa shape index (κ3) is 1.37. The number of hydrogen-bond acceptors (Lipinski definition) is 5. The summed E-state index contributed by atoms with van der Waals surface area (Å²) in [6.07, 6.45) is -3.06. The van der Waals surface area contributed by atoms with Crippen LogP contribution >= 0.6 is 0 Å². The summed E-state index contributed by atoms with van der Waals surface area (Å²) in [5.41, 5.74) is 0. The van der Waals surface area contributed by atoms with E-state index in [1.807, 2.05) is 4.90 Å². The van der Waals surface area contributed by atoms with E-state index in [9.17, 15) is 20.4 Å². The molecule has 2 aliphatic heterocycles. The van der Waals surface area contributed by atoms with Gasteiger partial charge in [0.2, 0.25) is 0 Å². The Kier molecular flexibility index (Phi) is 2.29. The number of aliphatic hydroxyl groups excluding tert-OH is 4. The zero-order chi connectivity index (χ0) is 9.59. The molecule has 13 heavy (non-hydrogen) atoms. The molecule has 5 atom stereocenters. The Labute approximate surface area is 76.2 Å². The van der Waals surface area contributed by atoms with E-state index in [4.69, 9.17) is 0 Å². The van der Waals surface area contributed by atoms with Crippen molar-refractivity contribution in [2.45, 2.75) is 36.9 Å². The van der Waals surface area contributed by atoms with E-state index in [1.54, 1.807) is 0 Å². The average Bonchev–Trinajstić information content (AvgIpc) is 2.43. The fourth-order valence-corrected chi connectivity index (χ4v) is 2.30. The van der Waals surface area contributed by atoms with Crippen molar-refractivity contribution < 1.29 is 20.4 Å². The zero-order valence-electron chi connectivity index (χ0n) is 7.24. The summed E-state index contributed by atoms with van der Waals surface area (Å²) in [5.74, 6) is 0. The van der Waals surface area contributed by atoms with E-state index in [-0.39, 0.29) is 0 Å². The fourth-order valence-electron chi connectivity index (χ4n) is 2.30. The lowest BCUT2D eigenvalue weighted by Crippen LogP contribution is -2.61. The van der Waals surface area contributed by atoms with Crippen molar-refractivity contribution >= 4 is 0 Å². The van der Waals surface area contributed by atoms with Crippen LogP contribution < -0.4 is 0 Å². The Morgan fingerprint density at radius 2 is 1.62 bits per heavy atom. The largest absolute Gasteiger partial charge is 0.391 e. The highest BCUT2D eigenvalue weighted by Gasteiger charge is 2.47. The predicted molar refractivity (Wildman–Crippen MR) is 44.0 cm³/mol. The van der Waals surface area contributed by atoms with Crippen LogP contribution in [0.25, 0.3) is 0 Å². The highest BCUT2D eigenvalue weighted by molar-refractivity contribution is 5.01. The molecule has 0 radical (unpaired) electrons. The summed E-state index contributed by atoms with van der Waals surface area (Å²) in [6, 6.07) is -0.404. The quantitative estimate of drug-likeness (QED) is 0.339. The Hall–Kier alpha value is -0.200. The van der Waals surface area contributed by atoms with Crippen LogP contribution in [0.15, 0.2) is 0 Å². The van der Waals surface area contributed by atoms with Gasteiger partial charge in [-0.25, -0.2) is 0 Å². The molecule has 2 saturated heterocycles. The smallest absolute Gasteiger partial charge is 0.109 e.